The van der Waals surface area contributed by atoms with Crippen LogP contribution in [0.4, 0.5) is 0 Å². The Balaban J connectivity index is 2.16. The predicted molar refractivity (Wildman–Crippen MR) is 71.1 cm³/mol. The number of aryl methyl sites for hydroxylation is 1. The molecule has 1 aliphatic heterocycles. The molecule has 3 nitrogen and oxygen atoms in total. The van der Waals surface area contributed by atoms with Gasteiger partial charge in [-0.05, 0) is 44.4 Å². The molecule has 0 spiro atoms. The van der Waals surface area contributed by atoms with Crippen LogP contribution in [-0.2, 0) is 10.3 Å². The minimum Gasteiger partial charge on any atom is -0.367 e. The van der Waals surface area contributed by atoms with Gasteiger partial charge in [-0.15, -0.1) is 0 Å². The van der Waals surface area contributed by atoms with Crippen LogP contribution in [0.15, 0.2) is 16.6 Å². The number of ether oxygens (including phenoxy) is 1. The highest BCUT2D eigenvalue weighted by Gasteiger charge is 2.34. The van der Waals surface area contributed by atoms with Gasteiger partial charge in [0.2, 0.25) is 0 Å². The fourth-order valence-corrected chi connectivity index (χ4v) is 3.04. The number of aromatic amines is 1. The summed E-state index contributed by atoms with van der Waals surface area (Å²) < 4.78 is 6.90. The maximum atomic E-state index is 5.82. The van der Waals surface area contributed by atoms with Crippen molar-refractivity contribution in [1.82, 2.24) is 9.97 Å². The topological polar surface area (TPSA) is 37.9 Å². The molecule has 1 N–H and O–H groups in total. The lowest BCUT2D eigenvalue weighted by atomic mass is 10.0. The van der Waals surface area contributed by atoms with E-state index in [1.807, 2.05) is 0 Å². The third-order valence-corrected chi connectivity index (χ3v) is 3.92. The zero-order chi connectivity index (χ0) is 12.0. The molecule has 1 aromatic heterocycles. The van der Waals surface area contributed by atoms with Crippen molar-refractivity contribution in [2.75, 3.05) is 6.61 Å². The molecular weight excluding hydrogens is 280 g/mol. The van der Waals surface area contributed by atoms with E-state index >= 15 is 0 Å². The van der Waals surface area contributed by atoms with E-state index in [9.17, 15) is 0 Å². The van der Waals surface area contributed by atoms with E-state index < -0.39 is 0 Å². The highest BCUT2D eigenvalue weighted by molar-refractivity contribution is 9.10. The van der Waals surface area contributed by atoms with Crippen molar-refractivity contribution >= 4 is 27.0 Å². The molecule has 1 unspecified atom stereocenters. The molecule has 1 aromatic carbocycles. The van der Waals surface area contributed by atoms with Gasteiger partial charge >= 0.3 is 0 Å². The molecule has 0 bridgehead atoms. The molecule has 17 heavy (non-hydrogen) atoms. The average molecular weight is 295 g/mol. The van der Waals surface area contributed by atoms with Gasteiger partial charge in [-0.3, -0.25) is 0 Å². The highest BCUT2D eigenvalue weighted by Crippen LogP contribution is 2.35. The van der Waals surface area contributed by atoms with Gasteiger partial charge in [0.05, 0.1) is 11.0 Å². The SMILES string of the molecule is Cc1cc(Br)cc2[nH]c(C3(C)CCCO3)nc12. The van der Waals surface area contributed by atoms with Crippen LogP contribution in [-0.4, -0.2) is 16.6 Å². The summed E-state index contributed by atoms with van der Waals surface area (Å²) in [7, 11) is 0. The lowest BCUT2D eigenvalue weighted by Crippen LogP contribution is -2.21. The molecule has 1 atom stereocenters. The van der Waals surface area contributed by atoms with Gasteiger partial charge in [0.15, 0.2) is 0 Å². The van der Waals surface area contributed by atoms with Gasteiger partial charge in [0, 0.05) is 11.1 Å². The predicted octanol–water partition coefficient (Wildman–Crippen LogP) is 3.66. The zero-order valence-corrected chi connectivity index (χ0v) is 11.6. The summed E-state index contributed by atoms with van der Waals surface area (Å²) in [4.78, 5) is 8.10. The minimum atomic E-state index is -0.238. The van der Waals surface area contributed by atoms with E-state index in [0.717, 1.165) is 40.8 Å². The third kappa shape index (κ3) is 1.79. The number of H-pyrrole nitrogens is 1. The van der Waals surface area contributed by atoms with Gasteiger partial charge in [0.1, 0.15) is 11.4 Å². The molecule has 1 fully saturated rings. The van der Waals surface area contributed by atoms with E-state index in [2.05, 4.69) is 46.9 Å². The summed E-state index contributed by atoms with van der Waals surface area (Å²) in [5, 5.41) is 0. The molecule has 0 amide bonds. The fourth-order valence-electron chi connectivity index (χ4n) is 2.46. The first kappa shape index (κ1) is 11.2. The Bertz CT molecular complexity index is 570. The molecule has 4 heteroatoms. The van der Waals surface area contributed by atoms with Crippen molar-refractivity contribution < 1.29 is 4.74 Å². The van der Waals surface area contributed by atoms with E-state index in [-0.39, 0.29) is 5.60 Å². The fraction of sp³-hybridized carbons (Fsp3) is 0.462. The highest BCUT2D eigenvalue weighted by atomic mass is 79.9. The van der Waals surface area contributed by atoms with Crippen LogP contribution < -0.4 is 0 Å². The number of imidazole rings is 1. The van der Waals surface area contributed by atoms with Crippen molar-refractivity contribution in [2.24, 2.45) is 0 Å². The standard InChI is InChI=1S/C13H15BrN2O/c1-8-6-9(14)7-10-11(8)16-12(15-10)13(2)4-3-5-17-13/h6-7H,3-5H2,1-2H3,(H,15,16). The number of hydrogen-bond donors (Lipinski definition) is 1. The molecule has 0 radical (unpaired) electrons. The first-order chi connectivity index (χ1) is 8.08. The summed E-state index contributed by atoms with van der Waals surface area (Å²) in [6, 6.07) is 4.15. The summed E-state index contributed by atoms with van der Waals surface area (Å²) in [5.41, 5.74) is 3.06. The number of nitrogens with zero attached hydrogens (tertiary/aromatic N) is 1. The lowest BCUT2D eigenvalue weighted by molar-refractivity contribution is 0.0103. The Morgan fingerprint density at radius 2 is 2.29 bits per heavy atom. The Morgan fingerprint density at radius 3 is 3.00 bits per heavy atom. The molecule has 0 aliphatic carbocycles. The summed E-state index contributed by atoms with van der Waals surface area (Å²) in [5.74, 6) is 0.950. The normalized spacial score (nSPS) is 24.6. The molecule has 90 valence electrons. The first-order valence-corrected chi connectivity index (χ1v) is 6.68. The van der Waals surface area contributed by atoms with Gasteiger partial charge in [0.25, 0.3) is 0 Å². The summed E-state index contributed by atoms with van der Waals surface area (Å²) in [6.07, 6.45) is 2.14. The monoisotopic (exact) mass is 294 g/mol. The van der Waals surface area contributed by atoms with Crippen LogP contribution in [0.5, 0.6) is 0 Å². The minimum absolute atomic E-state index is 0.238. The quantitative estimate of drug-likeness (QED) is 0.872. The maximum Gasteiger partial charge on any atom is 0.139 e. The third-order valence-electron chi connectivity index (χ3n) is 3.46. The van der Waals surface area contributed by atoms with Gasteiger partial charge in [-0.25, -0.2) is 4.98 Å². The van der Waals surface area contributed by atoms with E-state index in [1.54, 1.807) is 0 Å². The molecule has 2 heterocycles. The Hall–Kier alpha value is -0.870. The smallest absolute Gasteiger partial charge is 0.139 e. The average Bonchev–Trinajstić information content (AvgIpc) is 2.84. The maximum absolute atomic E-state index is 5.82. The van der Waals surface area contributed by atoms with Crippen LogP contribution in [0.1, 0.15) is 31.2 Å². The van der Waals surface area contributed by atoms with E-state index in [1.165, 1.54) is 5.56 Å². The van der Waals surface area contributed by atoms with E-state index in [0.29, 0.717) is 0 Å². The summed E-state index contributed by atoms with van der Waals surface area (Å²) >= 11 is 3.51. The lowest BCUT2D eigenvalue weighted by Gasteiger charge is -2.19. The van der Waals surface area contributed by atoms with Crippen LogP contribution in [0.3, 0.4) is 0 Å². The van der Waals surface area contributed by atoms with Crippen LogP contribution in [0.2, 0.25) is 0 Å². The number of halogens is 1. The van der Waals surface area contributed by atoms with Crippen molar-refractivity contribution in [3.05, 3.63) is 28.0 Å². The molecule has 2 aromatic rings. The van der Waals surface area contributed by atoms with Crippen LogP contribution in [0.25, 0.3) is 11.0 Å². The Kier molecular flexibility index (Phi) is 2.52. The van der Waals surface area contributed by atoms with E-state index in [4.69, 9.17) is 9.72 Å². The molecule has 1 saturated heterocycles. The molecular formula is C13H15BrN2O. The zero-order valence-electron chi connectivity index (χ0n) is 10.0. The van der Waals surface area contributed by atoms with Crippen LogP contribution >= 0.6 is 15.9 Å². The second kappa shape index (κ2) is 3.82. The van der Waals surface area contributed by atoms with Crippen molar-refractivity contribution in [1.29, 1.82) is 0 Å². The Labute approximate surface area is 109 Å². The number of rotatable bonds is 1. The van der Waals surface area contributed by atoms with Crippen molar-refractivity contribution in [3.8, 4) is 0 Å². The first-order valence-electron chi connectivity index (χ1n) is 5.89. The number of fused-ring (bicyclic) bond motifs is 1. The van der Waals surface area contributed by atoms with Crippen molar-refractivity contribution in [3.63, 3.8) is 0 Å². The molecule has 1 aliphatic rings. The number of nitrogens with one attached hydrogen (secondary N) is 1. The summed E-state index contributed by atoms with van der Waals surface area (Å²) in [6.45, 7) is 5.02. The van der Waals surface area contributed by atoms with Gasteiger partial charge in [-0.2, -0.15) is 0 Å². The Morgan fingerprint density at radius 1 is 1.47 bits per heavy atom. The number of benzene rings is 1. The van der Waals surface area contributed by atoms with Crippen LogP contribution in [0, 0.1) is 6.92 Å². The molecule has 0 saturated carbocycles. The largest absolute Gasteiger partial charge is 0.367 e. The van der Waals surface area contributed by atoms with Crippen molar-refractivity contribution in [2.45, 2.75) is 32.3 Å². The second-order valence-corrected chi connectivity index (χ2v) is 5.80. The number of hydrogen-bond acceptors (Lipinski definition) is 2. The second-order valence-electron chi connectivity index (χ2n) is 4.89. The van der Waals surface area contributed by atoms with Gasteiger partial charge < -0.3 is 9.72 Å². The molecule has 3 rings (SSSR count). The van der Waals surface area contributed by atoms with Gasteiger partial charge in [-0.1, -0.05) is 15.9 Å². The number of aromatic nitrogens is 2.